The van der Waals surface area contributed by atoms with Crippen LogP contribution in [0.25, 0.3) is 0 Å². The Hall–Kier alpha value is -0.940. The number of carbonyl (C=O) groups excluding carboxylic acids is 1. The molecule has 1 aromatic rings. The van der Waals surface area contributed by atoms with Crippen LogP contribution in [0.1, 0.15) is 24.8 Å². The van der Waals surface area contributed by atoms with Gasteiger partial charge in [0.05, 0.1) is 24.3 Å². The first-order valence-corrected chi connectivity index (χ1v) is 7.91. The van der Waals surface area contributed by atoms with Gasteiger partial charge in [-0.2, -0.15) is 0 Å². The molecule has 19 heavy (non-hydrogen) atoms. The fraction of sp³-hybridized carbons (Fsp3) is 0.538. The van der Waals surface area contributed by atoms with Crippen molar-refractivity contribution in [2.75, 3.05) is 12.9 Å². The van der Waals surface area contributed by atoms with Gasteiger partial charge in [0.1, 0.15) is 0 Å². The number of esters is 1. The Morgan fingerprint density at radius 1 is 1.58 bits per heavy atom. The highest BCUT2D eigenvalue weighted by atomic mass is 35.5. The number of hydrogen-bond donors (Lipinski definition) is 0. The molecule has 6 heteroatoms. The van der Waals surface area contributed by atoms with Gasteiger partial charge in [-0.25, -0.2) is 0 Å². The third-order valence-electron chi connectivity index (χ3n) is 3.34. The highest BCUT2D eigenvalue weighted by molar-refractivity contribution is 7.84. The molecular formula is C13H16ClNO3S. The van der Waals surface area contributed by atoms with Crippen LogP contribution in [-0.4, -0.2) is 28.0 Å². The topological polar surface area (TPSA) is 56.3 Å². The van der Waals surface area contributed by atoms with E-state index >= 15 is 0 Å². The van der Waals surface area contributed by atoms with E-state index in [1.807, 2.05) is 0 Å². The van der Waals surface area contributed by atoms with E-state index in [1.165, 1.54) is 7.11 Å². The summed E-state index contributed by atoms with van der Waals surface area (Å²) in [6, 6.07) is 1.78. The lowest BCUT2D eigenvalue weighted by atomic mass is 10.1. The van der Waals surface area contributed by atoms with Gasteiger partial charge in [0, 0.05) is 28.9 Å². The third kappa shape index (κ3) is 4.01. The standard InChI is InChI=1S/C13H16ClNO3S/c1-18-12(16)6-13(3-4-13)9-19(17)8-10-2-5-15-7-11(10)14/h2,5,7H,3-4,6,8-9H2,1H3. The summed E-state index contributed by atoms with van der Waals surface area (Å²) in [7, 11) is 0.354. The number of carbonyl (C=O) groups is 1. The Labute approximate surface area is 120 Å². The maximum Gasteiger partial charge on any atom is 0.306 e. The Balaban J connectivity index is 1.92. The lowest BCUT2D eigenvalue weighted by Gasteiger charge is -2.13. The largest absolute Gasteiger partial charge is 0.469 e. The van der Waals surface area contributed by atoms with E-state index in [4.69, 9.17) is 11.6 Å². The molecule has 0 radical (unpaired) electrons. The van der Waals surface area contributed by atoms with Crippen LogP contribution in [0.15, 0.2) is 18.5 Å². The number of pyridine rings is 1. The van der Waals surface area contributed by atoms with Crippen molar-refractivity contribution in [3.05, 3.63) is 29.0 Å². The molecule has 0 bridgehead atoms. The number of halogens is 1. The van der Waals surface area contributed by atoms with Gasteiger partial charge < -0.3 is 4.74 Å². The number of aromatic nitrogens is 1. The van der Waals surface area contributed by atoms with E-state index in [0.717, 1.165) is 18.4 Å². The van der Waals surface area contributed by atoms with Crippen LogP contribution in [0.2, 0.25) is 5.02 Å². The molecule has 1 atom stereocenters. The molecule has 1 unspecified atom stereocenters. The van der Waals surface area contributed by atoms with Gasteiger partial charge in [-0.3, -0.25) is 14.0 Å². The second kappa shape index (κ2) is 6.01. The van der Waals surface area contributed by atoms with Gasteiger partial charge in [0.25, 0.3) is 0 Å². The Morgan fingerprint density at radius 2 is 2.32 bits per heavy atom. The van der Waals surface area contributed by atoms with Gasteiger partial charge in [-0.05, 0) is 29.9 Å². The van der Waals surface area contributed by atoms with Crippen molar-refractivity contribution in [1.82, 2.24) is 4.98 Å². The van der Waals surface area contributed by atoms with Crippen LogP contribution in [0.4, 0.5) is 0 Å². The van der Waals surface area contributed by atoms with Gasteiger partial charge in [0.2, 0.25) is 0 Å². The van der Waals surface area contributed by atoms with Crippen molar-refractivity contribution in [2.24, 2.45) is 5.41 Å². The van der Waals surface area contributed by atoms with Crippen LogP contribution in [-0.2, 0) is 26.1 Å². The van der Waals surface area contributed by atoms with E-state index in [9.17, 15) is 9.00 Å². The van der Waals surface area contributed by atoms with Crippen molar-refractivity contribution in [2.45, 2.75) is 25.0 Å². The molecule has 104 valence electrons. The van der Waals surface area contributed by atoms with E-state index < -0.39 is 10.8 Å². The first kappa shape index (κ1) is 14.5. The summed E-state index contributed by atoms with van der Waals surface area (Å²) in [6.45, 7) is 0. The zero-order chi connectivity index (χ0) is 13.9. The molecule has 1 fully saturated rings. The van der Waals surface area contributed by atoms with Crippen molar-refractivity contribution in [1.29, 1.82) is 0 Å². The molecule has 2 rings (SSSR count). The molecule has 0 N–H and O–H groups in total. The SMILES string of the molecule is COC(=O)CC1(CS(=O)Cc2ccncc2Cl)CC1. The highest BCUT2D eigenvalue weighted by Gasteiger charge is 2.45. The van der Waals surface area contributed by atoms with Gasteiger partial charge in [-0.15, -0.1) is 0 Å². The minimum atomic E-state index is -1.03. The molecule has 0 aliphatic heterocycles. The quantitative estimate of drug-likeness (QED) is 0.757. The molecule has 1 aliphatic rings. The molecular weight excluding hydrogens is 286 g/mol. The number of methoxy groups -OCH3 is 1. The van der Waals surface area contributed by atoms with Crippen LogP contribution >= 0.6 is 11.6 Å². The number of nitrogens with zero attached hydrogens (tertiary/aromatic N) is 1. The molecule has 4 nitrogen and oxygen atoms in total. The Morgan fingerprint density at radius 3 is 2.89 bits per heavy atom. The van der Waals surface area contributed by atoms with E-state index in [0.29, 0.717) is 22.9 Å². The first-order valence-electron chi connectivity index (χ1n) is 6.05. The lowest BCUT2D eigenvalue weighted by molar-refractivity contribution is -0.141. The van der Waals surface area contributed by atoms with Gasteiger partial charge in [0.15, 0.2) is 0 Å². The molecule has 0 spiro atoms. The summed E-state index contributed by atoms with van der Waals surface area (Å²) in [5.41, 5.74) is 0.723. The average Bonchev–Trinajstić information content (AvgIpc) is 3.11. The monoisotopic (exact) mass is 301 g/mol. The van der Waals surface area contributed by atoms with Crippen LogP contribution in [0.3, 0.4) is 0 Å². The fourth-order valence-corrected chi connectivity index (χ4v) is 4.05. The zero-order valence-electron chi connectivity index (χ0n) is 10.7. The maximum absolute atomic E-state index is 12.2. The summed E-state index contributed by atoms with van der Waals surface area (Å²) >= 11 is 5.99. The van der Waals surface area contributed by atoms with Crippen LogP contribution in [0, 0.1) is 5.41 Å². The smallest absolute Gasteiger partial charge is 0.306 e. The second-order valence-corrected chi connectivity index (χ2v) is 6.81. The molecule has 1 heterocycles. The summed E-state index contributed by atoms with van der Waals surface area (Å²) in [4.78, 5) is 15.2. The van der Waals surface area contributed by atoms with Crippen LogP contribution in [0.5, 0.6) is 0 Å². The fourth-order valence-electron chi connectivity index (χ4n) is 2.01. The molecule has 0 saturated heterocycles. The second-order valence-electron chi connectivity index (χ2n) is 4.95. The number of rotatable bonds is 6. The maximum atomic E-state index is 12.2. The summed E-state index contributed by atoms with van der Waals surface area (Å²) in [5.74, 6) is 0.710. The highest BCUT2D eigenvalue weighted by Crippen LogP contribution is 2.49. The van der Waals surface area contributed by atoms with E-state index in [2.05, 4.69) is 9.72 Å². The van der Waals surface area contributed by atoms with E-state index in [-0.39, 0.29) is 11.4 Å². The van der Waals surface area contributed by atoms with Crippen LogP contribution < -0.4 is 0 Å². The summed E-state index contributed by atoms with van der Waals surface area (Å²) in [5, 5.41) is 0.536. The predicted octanol–water partition coefficient (Wildman–Crippen LogP) is 2.33. The third-order valence-corrected chi connectivity index (χ3v) is 5.25. The molecule has 0 aromatic carbocycles. The molecule has 1 aliphatic carbocycles. The van der Waals surface area contributed by atoms with Crippen molar-refractivity contribution < 1.29 is 13.7 Å². The van der Waals surface area contributed by atoms with Gasteiger partial charge >= 0.3 is 5.97 Å². The Bertz CT molecular complexity index is 502. The van der Waals surface area contributed by atoms with Crippen molar-refractivity contribution >= 4 is 28.4 Å². The minimum absolute atomic E-state index is 0.114. The molecule has 1 aromatic heterocycles. The van der Waals surface area contributed by atoms with Crippen molar-refractivity contribution in [3.63, 3.8) is 0 Å². The number of ether oxygens (including phenoxy) is 1. The minimum Gasteiger partial charge on any atom is -0.469 e. The van der Waals surface area contributed by atoms with Crippen molar-refractivity contribution in [3.8, 4) is 0 Å². The molecule has 1 saturated carbocycles. The van der Waals surface area contributed by atoms with Gasteiger partial charge in [-0.1, -0.05) is 11.6 Å². The van der Waals surface area contributed by atoms with E-state index in [1.54, 1.807) is 18.5 Å². The first-order chi connectivity index (χ1) is 9.04. The Kier molecular flexibility index (Phi) is 4.58. The molecule has 0 amide bonds. The summed E-state index contributed by atoms with van der Waals surface area (Å²) < 4.78 is 16.8. The normalized spacial score (nSPS) is 17.8. The zero-order valence-corrected chi connectivity index (χ0v) is 12.3. The predicted molar refractivity (Wildman–Crippen MR) is 74.3 cm³/mol. The lowest BCUT2D eigenvalue weighted by Crippen LogP contribution is -2.18. The average molecular weight is 302 g/mol. The summed E-state index contributed by atoms with van der Waals surface area (Å²) in [6.07, 6.45) is 5.43. The number of hydrogen-bond acceptors (Lipinski definition) is 4.